The minimum Gasteiger partial charge on any atom is -0.507 e. The number of phenolic OH excluding ortho intramolecular Hbond substituents is 1. The van der Waals surface area contributed by atoms with E-state index in [1.54, 1.807) is 33.0 Å². The summed E-state index contributed by atoms with van der Waals surface area (Å²) in [7, 11) is 3.47. The van der Waals surface area contributed by atoms with Crippen LogP contribution in [-0.4, -0.2) is 28.4 Å². The van der Waals surface area contributed by atoms with Crippen molar-refractivity contribution >= 4 is 0 Å². The number of benzene rings is 1. The van der Waals surface area contributed by atoms with Gasteiger partial charge in [0.15, 0.2) is 0 Å². The number of rotatable bonds is 2. The zero-order chi connectivity index (χ0) is 17.6. The highest BCUT2D eigenvalue weighted by Gasteiger charge is 2.20. The van der Waals surface area contributed by atoms with E-state index < -0.39 is 11.2 Å². The number of aromatic hydroxyl groups is 1. The molecule has 0 unspecified atom stereocenters. The molecule has 6 nitrogen and oxygen atoms in total. The van der Waals surface area contributed by atoms with Crippen LogP contribution in [0.15, 0.2) is 15.7 Å². The minimum atomic E-state index is -0.450. The smallest absolute Gasteiger partial charge is 0.354 e. The van der Waals surface area contributed by atoms with E-state index in [4.69, 9.17) is 0 Å². The number of aryl methyl sites for hydroxylation is 1. The summed E-state index contributed by atoms with van der Waals surface area (Å²) in [5.74, 6) is 0.117. The molecule has 0 saturated carbocycles. The van der Waals surface area contributed by atoms with Crippen LogP contribution < -0.4 is 16.3 Å². The summed E-state index contributed by atoms with van der Waals surface area (Å²) in [6, 6.07) is 1.42. The molecule has 124 valence electrons. The van der Waals surface area contributed by atoms with Crippen LogP contribution in [0.25, 0.3) is 5.69 Å². The molecule has 2 aromatic rings. The summed E-state index contributed by atoms with van der Waals surface area (Å²) >= 11 is 0. The Kier molecular flexibility index (Phi) is 4.11. The highest BCUT2D eigenvalue weighted by Crippen LogP contribution is 2.32. The lowest BCUT2D eigenvalue weighted by Crippen LogP contribution is -2.46. The Balaban J connectivity index is 3.04. The Labute approximate surface area is 135 Å². The fourth-order valence-electron chi connectivity index (χ4n) is 2.98. The fraction of sp³-hybridized carbons (Fsp3) is 0.412. The molecule has 0 aliphatic carbocycles. The second kappa shape index (κ2) is 5.61. The number of nitrogens with zero attached hydrogens (tertiary/aromatic N) is 3. The second-order valence-electron chi connectivity index (χ2n) is 6.10. The number of hydrogen-bond acceptors (Lipinski definition) is 4. The zero-order valence-electron chi connectivity index (χ0n) is 14.7. The first-order valence-electron chi connectivity index (χ1n) is 7.42. The van der Waals surface area contributed by atoms with Crippen LogP contribution in [0.5, 0.6) is 5.75 Å². The normalized spacial score (nSPS) is 10.9. The van der Waals surface area contributed by atoms with Gasteiger partial charge in [0.2, 0.25) is 0 Å². The van der Waals surface area contributed by atoms with Crippen LogP contribution in [0.2, 0.25) is 0 Å². The summed E-state index contributed by atoms with van der Waals surface area (Å²) in [5, 5.41) is 12.0. The van der Waals surface area contributed by atoms with Crippen molar-refractivity contribution in [2.45, 2.75) is 34.6 Å². The molecule has 0 aliphatic rings. The third-order valence-electron chi connectivity index (χ3n) is 4.43. The largest absolute Gasteiger partial charge is 0.507 e. The first-order chi connectivity index (χ1) is 10.6. The van der Waals surface area contributed by atoms with Crippen LogP contribution in [-0.2, 0) is 0 Å². The van der Waals surface area contributed by atoms with E-state index in [0.717, 1.165) is 21.3 Å². The minimum absolute atomic E-state index is 0.117. The van der Waals surface area contributed by atoms with E-state index in [-0.39, 0.29) is 5.75 Å². The predicted octanol–water partition coefficient (Wildman–Crippen LogP) is 1.44. The average Bonchev–Trinajstić information content (AvgIpc) is 2.45. The number of phenols is 1. The van der Waals surface area contributed by atoms with Crippen molar-refractivity contribution in [1.29, 1.82) is 0 Å². The summed E-state index contributed by atoms with van der Waals surface area (Å²) in [6.45, 7) is 8.98. The maximum absolute atomic E-state index is 12.9. The zero-order valence-corrected chi connectivity index (χ0v) is 14.7. The number of aromatic nitrogens is 2. The molecule has 0 atom stereocenters. The molecule has 0 amide bonds. The molecule has 0 bridgehead atoms. The highest BCUT2D eigenvalue weighted by molar-refractivity contribution is 5.60. The predicted molar refractivity (Wildman–Crippen MR) is 91.7 cm³/mol. The first kappa shape index (κ1) is 16.9. The van der Waals surface area contributed by atoms with Gasteiger partial charge < -0.3 is 10.1 Å². The monoisotopic (exact) mass is 317 g/mol. The van der Waals surface area contributed by atoms with Gasteiger partial charge in [-0.1, -0.05) is 0 Å². The molecule has 0 spiro atoms. The van der Waals surface area contributed by atoms with Crippen molar-refractivity contribution in [2.24, 2.45) is 0 Å². The molecule has 1 N–H and O–H groups in total. The molecule has 1 aromatic heterocycles. The molecule has 6 heteroatoms. The van der Waals surface area contributed by atoms with E-state index in [9.17, 15) is 14.7 Å². The fourth-order valence-corrected chi connectivity index (χ4v) is 2.98. The summed E-state index contributed by atoms with van der Waals surface area (Å²) < 4.78 is 2.55. The van der Waals surface area contributed by atoms with E-state index in [1.807, 2.05) is 20.8 Å². The first-order valence-corrected chi connectivity index (χ1v) is 7.42. The lowest BCUT2D eigenvalue weighted by molar-refractivity contribution is 0.465. The Morgan fingerprint density at radius 2 is 1.48 bits per heavy atom. The molecule has 0 aliphatic heterocycles. The standard InChI is InChI=1S/C17H23N3O3/c1-9-8-14(21)19(17(23)20(9)18(6)7)15-11(3)10(2)12(4)16(22)13(15)5/h8,22H,1-7H3. The van der Waals surface area contributed by atoms with Gasteiger partial charge in [0.25, 0.3) is 5.56 Å². The molecule has 0 saturated heterocycles. The van der Waals surface area contributed by atoms with Crippen molar-refractivity contribution in [3.8, 4) is 11.4 Å². The van der Waals surface area contributed by atoms with Gasteiger partial charge in [-0.25, -0.2) is 14.0 Å². The van der Waals surface area contributed by atoms with Gasteiger partial charge in [0.05, 0.1) is 5.69 Å². The molecular formula is C17H23N3O3. The van der Waals surface area contributed by atoms with Crippen LogP contribution in [0.4, 0.5) is 0 Å². The maximum Gasteiger partial charge on any atom is 0.354 e. The summed E-state index contributed by atoms with van der Waals surface area (Å²) in [6.07, 6.45) is 0. The molecule has 2 rings (SSSR count). The molecule has 23 heavy (non-hydrogen) atoms. The van der Waals surface area contributed by atoms with Gasteiger partial charge in [-0.3, -0.25) is 4.79 Å². The van der Waals surface area contributed by atoms with Crippen molar-refractivity contribution < 1.29 is 5.11 Å². The lowest BCUT2D eigenvalue weighted by atomic mass is 9.97. The highest BCUT2D eigenvalue weighted by atomic mass is 16.3. The maximum atomic E-state index is 12.9. The van der Waals surface area contributed by atoms with E-state index >= 15 is 0 Å². The van der Waals surface area contributed by atoms with E-state index in [1.165, 1.54) is 10.7 Å². The van der Waals surface area contributed by atoms with Gasteiger partial charge in [-0.15, -0.1) is 0 Å². The van der Waals surface area contributed by atoms with Crippen molar-refractivity contribution in [3.63, 3.8) is 0 Å². The van der Waals surface area contributed by atoms with Crippen molar-refractivity contribution in [3.05, 3.63) is 54.9 Å². The second-order valence-corrected chi connectivity index (χ2v) is 6.10. The average molecular weight is 317 g/mol. The molecule has 1 aromatic carbocycles. The van der Waals surface area contributed by atoms with Gasteiger partial charge in [0, 0.05) is 31.4 Å². The Hall–Kier alpha value is -2.50. The van der Waals surface area contributed by atoms with Gasteiger partial charge >= 0.3 is 5.69 Å². The molecule has 0 fully saturated rings. The third-order valence-corrected chi connectivity index (χ3v) is 4.43. The summed E-state index contributed by atoms with van der Waals surface area (Å²) in [5.41, 5.74) is 3.13. The van der Waals surface area contributed by atoms with Crippen molar-refractivity contribution in [2.75, 3.05) is 19.1 Å². The Morgan fingerprint density at radius 1 is 0.913 bits per heavy atom. The van der Waals surface area contributed by atoms with Gasteiger partial charge in [-0.05, 0) is 51.3 Å². The molecule has 1 heterocycles. The van der Waals surface area contributed by atoms with Gasteiger partial charge in [-0.2, -0.15) is 0 Å². The molecule has 0 radical (unpaired) electrons. The summed E-state index contributed by atoms with van der Waals surface area (Å²) in [4.78, 5) is 25.4. The van der Waals surface area contributed by atoms with Gasteiger partial charge in [0.1, 0.15) is 5.75 Å². The van der Waals surface area contributed by atoms with Crippen LogP contribution in [0.3, 0.4) is 0 Å². The quantitative estimate of drug-likeness (QED) is 0.910. The Bertz CT molecular complexity index is 876. The number of hydrogen-bond donors (Lipinski definition) is 1. The van der Waals surface area contributed by atoms with E-state index in [0.29, 0.717) is 16.9 Å². The lowest BCUT2D eigenvalue weighted by Gasteiger charge is -2.22. The van der Waals surface area contributed by atoms with Crippen LogP contribution in [0, 0.1) is 34.6 Å². The van der Waals surface area contributed by atoms with E-state index in [2.05, 4.69) is 0 Å². The SMILES string of the molecule is Cc1c(C)c(O)c(C)c(-n2c(=O)cc(C)n(N(C)C)c2=O)c1C. The topological polar surface area (TPSA) is 67.5 Å². The van der Waals surface area contributed by atoms with Crippen LogP contribution >= 0.6 is 0 Å². The third kappa shape index (κ3) is 2.44. The van der Waals surface area contributed by atoms with Crippen LogP contribution in [0.1, 0.15) is 27.9 Å². The Morgan fingerprint density at radius 3 is 2.00 bits per heavy atom. The van der Waals surface area contributed by atoms with Crippen molar-refractivity contribution in [1.82, 2.24) is 9.24 Å². The molecular weight excluding hydrogens is 294 g/mol.